The molecule has 0 saturated carbocycles. The molecule has 17 heavy (non-hydrogen) atoms. The molecule has 100 valence electrons. The second-order valence-corrected chi connectivity index (χ2v) is 7.08. The zero-order chi connectivity index (χ0) is 13.1. The van der Waals surface area contributed by atoms with Crippen LogP contribution >= 0.6 is 0 Å². The van der Waals surface area contributed by atoms with Crippen LogP contribution in [0.3, 0.4) is 0 Å². The van der Waals surface area contributed by atoms with E-state index in [1.807, 2.05) is 6.92 Å². The summed E-state index contributed by atoms with van der Waals surface area (Å²) in [6.07, 6.45) is 3.77. The minimum atomic E-state index is -3.02. The quantitative estimate of drug-likeness (QED) is 0.758. The van der Waals surface area contributed by atoms with Gasteiger partial charge in [0.15, 0.2) is 0 Å². The van der Waals surface area contributed by atoms with Crippen molar-refractivity contribution in [2.45, 2.75) is 31.7 Å². The van der Waals surface area contributed by atoms with Gasteiger partial charge in [-0.2, -0.15) is 0 Å². The van der Waals surface area contributed by atoms with Gasteiger partial charge in [-0.05, 0) is 25.8 Å². The maximum Gasteiger partial charge on any atom is 0.242 e. The second kappa shape index (κ2) is 5.35. The van der Waals surface area contributed by atoms with Crippen molar-refractivity contribution in [1.29, 1.82) is 0 Å². The Morgan fingerprint density at radius 3 is 2.53 bits per heavy atom. The normalized spacial score (nSPS) is 24.9. The van der Waals surface area contributed by atoms with Gasteiger partial charge in [0.1, 0.15) is 9.84 Å². The van der Waals surface area contributed by atoms with Crippen LogP contribution in [-0.4, -0.2) is 56.9 Å². The van der Waals surface area contributed by atoms with Gasteiger partial charge in [0.25, 0.3) is 0 Å². The molecule has 1 heterocycles. The first-order valence-corrected chi connectivity index (χ1v) is 8.05. The molecule has 1 atom stereocenters. The Hall–Kier alpha value is -0.620. The molecule has 1 saturated heterocycles. The van der Waals surface area contributed by atoms with E-state index >= 15 is 0 Å². The Morgan fingerprint density at radius 2 is 2.12 bits per heavy atom. The van der Waals surface area contributed by atoms with Gasteiger partial charge >= 0.3 is 0 Å². The first-order chi connectivity index (χ1) is 7.81. The van der Waals surface area contributed by atoms with Crippen molar-refractivity contribution in [2.24, 2.45) is 0 Å². The summed E-state index contributed by atoms with van der Waals surface area (Å²) in [5.74, 6) is 0.0378. The number of likely N-dealkylation sites (N-methyl/N-ethyl adjacent to an activating group) is 1. The van der Waals surface area contributed by atoms with Crippen LogP contribution in [0.1, 0.15) is 26.2 Å². The topological polar surface area (TPSA) is 66.5 Å². The average molecular weight is 262 g/mol. The third kappa shape index (κ3) is 3.67. The van der Waals surface area contributed by atoms with Gasteiger partial charge < -0.3 is 10.2 Å². The Labute approximate surface area is 103 Å². The summed E-state index contributed by atoms with van der Waals surface area (Å²) >= 11 is 0. The van der Waals surface area contributed by atoms with Crippen molar-refractivity contribution >= 4 is 15.7 Å². The van der Waals surface area contributed by atoms with Crippen LogP contribution in [0.4, 0.5) is 0 Å². The highest BCUT2D eigenvalue weighted by molar-refractivity contribution is 7.90. The summed E-state index contributed by atoms with van der Waals surface area (Å²) < 4.78 is 22.2. The van der Waals surface area contributed by atoms with Gasteiger partial charge in [0.05, 0.1) is 11.3 Å². The fourth-order valence-electron chi connectivity index (χ4n) is 2.21. The molecule has 0 radical (unpaired) electrons. The van der Waals surface area contributed by atoms with Gasteiger partial charge in [0, 0.05) is 19.8 Å². The van der Waals surface area contributed by atoms with Crippen molar-refractivity contribution in [3.05, 3.63) is 0 Å². The average Bonchev–Trinajstić information content (AvgIpc) is 2.73. The molecule has 0 aromatic rings. The van der Waals surface area contributed by atoms with Gasteiger partial charge in [-0.15, -0.1) is 0 Å². The fourth-order valence-corrected chi connectivity index (χ4v) is 2.82. The zero-order valence-corrected chi connectivity index (χ0v) is 11.6. The molecule has 5 nitrogen and oxygen atoms in total. The predicted molar refractivity (Wildman–Crippen MR) is 67.6 cm³/mol. The number of amides is 1. The van der Waals surface area contributed by atoms with Crippen molar-refractivity contribution in [3.63, 3.8) is 0 Å². The van der Waals surface area contributed by atoms with E-state index in [4.69, 9.17) is 0 Å². The van der Waals surface area contributed by atoms with Gasteiger partial charge in [-0.25, -0.2) is 8.42 Å². The highest BCUT2D eigenvalue weighted by atomic mass is 32.2. The maximum absolute atomic E-state index is 12.3. The van der Waals surface area contributed by atoms with Gasteiger partial charge in [0.2, 0.25) is 5.91 Å². The lowest BCUT2D eigenvalue weighted by atomic mass is 9.92. The van der Waals surface area contributed by atoms with E-state index < -0.39 is 15.4 Å². The Bertz CT molecular complexity index is 372. The number of carbonyl (C=O) groups is 1. The fraction of sp³-hybridized carbons (Fsp3) is 0.909. The number of nitrogens with zero attached hydrogens (tertiary/aromatic N) is 1. The van der Waals surface area contributed by atoms with E-state index in [9.17, 15) is 13.2 Å². The number of nitrogens with one attached hydrogen (secondary N) is 1. The summed E-state index contributed by atoms with van der Waals surface area (Å²) in [6, 6.07) is 0. The Balaban J connectivity index is 2.62. The van der Waals surface area contributed by atoms with Crippen LogP contribution in [0.2, 0.25) is 0 Å². The molecule has 1 amide bonds. The first-order valence-electron chi connectivity index (χ1n) is 5.99. The molecule has 1 N–H and O–H groups in total. The van der Waals surface area contributed by atoms with Crippen molar-refractivity contribution in [1.82, 2.24) is 10.2 Å². The summed E-state index contributed by atoms with van der Waals surface area (Å²) in [5, 5.41) is 3.26. The molecule has 0 aromatic heterocycles. The van der Waals surface area contributed by atoms with E-state index in [2.05, 4.69) is 5.32 Å². The summed E-state index contributed by atoms with van der Waals surface area (Å²) in [7, 11) is -1.35. The SMILES string of the molecule is CCC1(C(=O)N(C)CCS(C)(=O)=O)CCCN1. The summed E-state index contributed by atoms with van der Waals surface area (Å²) in [5.41, 5.74) is -0.466. The minimum absolute atomic E-state index is 0.0150. The van der Waals surface area contributed by atoms with E-state index in [0.717, 1.165) is 25.8 Å². The highest BCUT2D eigenvalue weighted by Gasteiger charge is 2.40. The van der Waals surface area contributed by atoms with E-state index in [0.29, 0.717) is 0 Å². The molecule has 1 unspecified atom stereocenters. The molecule has 6 heteroatoms. The molecule has 1 fully saturated rings. The molecule has 1 rings (SSSR count). The van der Waals surface area contributed by atoms with E-state index in [-0.39, 0.29) is 18.2 Å². The summed E-state index contributed by atoms with van der Waals surface area (Å²) in [4.78, 5) is 13.8. The Kier molecular flexibility index (Phi) is 4.55. The van der Waals surface area contributed by atoms with Crippen LogP contribution in [0.5, 0.6) is 0 Å². The van der Waals surface area contributed by atoms with Crippen LogP contribution in [0, 0.1) is 0 Å². The number of sulfone groups is 1. The zero-order valence-electron chi connectivity index (χ0n) is 10.8. The smallest absolute Gasteiger partial charge is 0.242 e. The molecule has 0 aliphatic carbocycles. The lowest BCUT2D eigenvalue weighted by Gasteiger charge is -2.31. The predicted octanol–water partition coefficient (Wildman–Crippen LogP) is 0.0216. The number of carbonyl (C=O) groups excluding carboxylic acids is 1. The molecule has 0 bridgehead atoms. The monoisotopic (exact) mass is 262 g/mol. The molecule has 1 aliphatic heterocycles. The molecule has 1 aliphatic rings. The number of rotatable bonds is 5. The van der Waals surface area contributed by atoms with Crippen LogP contribution in [-0.2, 0) is 14.6 Å². The summed E-state index contributed by atoms with van der Waals surface area (Å²) in [6.45, 7) is 3.11. The van der Waals surface area contributed by atoms with Crippen LogP contribution < -0.4 is 5.32 Å². The highest BCUT2D eigenvalue weighted by Crippen LogP contribution is 2.24. The second-order valence-electron chi connectivity index (χ2n) is 4.82. The lowest BCUT2D eigenvalue weighted by Crippen LogP contribution is -2.54. The van der Waals surface area contributed by atoms with E-state index in [1.165, 1.54) is 11.2 Å². The van der Waals surface area contributed by atoms with E-state index in [1.54, 1.807) is 7.05 Å². The third-order valence-corrected chi connectivity index (χ3v) is 4.32. The van der Waals surface area contributed by atoms with Crippen molar-refractivity contribution in [2.75, 3.05) is 32.1 Å². The number of hydrogen-bond donors (Lipinski definition) is 1. The maximum atomic E-state index is 12.3. The molecular formula is C11H22N2O3S. The van der Waals surface area contributed by atoms with Gasteiger partial charge in [-0.1, -0.05) is 6.92 Å². The largest absolute Gasteiger partial charge is 0.343 e. The minimum Gasteiger partial charge on any atom is -0.343 e. The standard InChI is InChI=1S/C11H22N2O3S/c1-4-11(6-5-7-12-11)10(14)13(2)8-9-17(3,15)16/h12H,4-9H2,1-3H3. The third-order valence-electron chi connectivity index (χ3n) is 3.40. The van der Waals surface area contributed by atoms with Crippen molar-refractivity contribution < 1.29 is 13.2 Å². The molecule has 0 spiro atoms. The molecular weight excluding hydrogens is 240 g/mol. The van der Waals surface area contributed by atoms with Crippen molar-refractivity contribution in [3.8, 4) is 0 Å². The first kappa shape index (κ1) is 14.4. The van der Waals surface area contributed by atoms with Crippen LogP contribution in [0.15, 0.2) is 0 Å². The van der Waals surface area contributed by atoms with Crippen LogP contribution in [0.25, 0.3) is 0 Å². The molecule has 0 aromatic carbocycles. The number of hydrogen-bond acceptors (Lipinski definition) is 4. The van der Waals surface area contributed by atoms with Gasteiger partial charge in [-0.3, -0.25) is 4.79 Å². The Morgan fingerprint density at radius 1 is 1.47 bits per heavy atom. The lowest BCUT2D eigenvalue weighted by molar-refractivity contribution is -0.136.